The number of rotatable bonds is 7. The molecule has 0 spiro atoms. The maximum atomic E-state index is 11.1. The van der Waals surface area contributed by atoms with Crippen LogP contribution in [0.15, 0.2) is 21.1 Å². The van der Waals surface area contributed by atoms with Gasteiger partial charge in [-0.2, -0.15) is 0 Å². The first-order valence-corrected chi connectivity index (χ1v) is 7.68. The first-order valence-electron chi connectivity index (χ1n) is 6.09. The molecule has 19 heavy (non-hydrogen) atoms. The molecule has 4 nitrogen and oxygen atoms in total. The molecule has 6 heteroatoms. The minimum absolute atomic E-state index is 0.0278. The van der Waals surface area contributed by atoms with Gasteiger partial charge in [0.05, 0.1) is 15.6 Å². The van der Waals surface area contributed by atoms with Crippen LogP contribution in [0.2, 0.25) is 0 Å². The Kier molecular flexibility index (Phi) is 7.41. The van der Waals surface area contributed by atoms with Gasteiger partial charge in [0.25, 0.3) is 0 Å². The highest BCUT2D eigenvalue weighted by atomic mass is 79.9. The lowest BCUT2D eigenvalue weighted by atomic mass is 10.1. The van der Waals surface area contributed by atoms with E-state index < -0.39 is 0 Å². The third-order valence-electron chi connectivity index (χ3n) is 2.56. The van der Waals surface area contributed by atoms with E-state index in [2.05, 4.69) is 37.2 Å². The molecule has 0 saturated carbocycles. The molecule has 0 saturated heterocycles. The van der Waals surface area contributed by atoms with Crippen molar-refractivity contribution < 1.29 is 9.53 Å². The maximum absolute atomic E-state index is 11.1. The fourth-order valence-electron chi connectivity index (χ4n) is 1.59. The molecule has 0 atom stereocenters. The van der Waals surface area contributed by atoms with Gasteiger partial charge < -0.3 is 15.8 Å². The van der Waals surface area contributed by atoms with Crippen molar-refractivity contribution in [1.82, 2.24) is 5.32 Å². The molecule has 106 valence electrons. The molecule has 1 amide bonds. The van der Waals surface area contributed by atoms with Gasteiger partial charge in [0, 0.05) is 13.5 Å². The third-order valence-corrected chi connectivity index (χ3v) is 3.74. The maximum Gasteiger partial charge on any atom is 0.219 e. The largest absolute Gasteiger partial charge is 0.491 e. The fourth-order valence-corrected chi connectivity index (χ4v) is 3.10. The monoisotopic (exact) mass is 392 g/mol. The van der Waals surface area contributed by atoms with E-state index in [9.17, 15) is 4.79 Å². The second kappa shape index (κ2) is 8.55. The van der Waals surface area contributed by atoms with Crippen LogP contribution in [0.25, 0.3) is 0 Å². The summed E-state index contributed by atoms with van der Waals surface area (Å²) in [6.45, 7) is 1.12. The van der Waals surface area contributed by atoms with E-state index in [1.165, 1.54) is 0 Å². The number of benzene rings is 1. The molecule has 0 aliphatic heterocycles. The van der Waals surface area contributed by atoms with Crippen molar-refractivity contribution >= 4 is 37.8 Å². The van der Waals surface area contributed by atoms with Crippen LogP contribution in [0.4, 0.5) is 0 Å². The van der Waals surface area contributed by atoms with E-state index >= 15 is 0 Å². The van der Waals surface area contributed by atoms with Gasteiger partial charge in [-0.3, -0.25) is 4.79 Å². The highest BCUT2D eigenvalue weighted by molar-refractivity contribution is 9.11. The van der Waals surface area contributed by atoms with Crippen LogP contribution in [-0.2, 0) is 11.2 Å². The molecule has 1 aromatic carbocycles. The minimum Gasteiger partial charge on any atom is -0.491 e. The number of carbonyl (C=O) groups is 1. The topological polar surface area (TPSA) is 64.3 Å². The Morgan fingerprint density at radius 1 is 1.37 bits per heavy atom. The molecule has 1 rings (SSSR count). The van der Waals surface area contributed by atoms with Gasteiger partial charge in [-0.25, -0.2) is 0 Å². The second-order valence-electron chi connectivity index (χ2n) is 4.05. The van der Waals surface area contributed by atoms with E-state index in [-0.39, 0.29) is 5.91 Å². The standard InChI is InChI=1S/C13H18Br2N2O2/c1-17-12(18)3-2-6-19-13-10(14)7-9(4-5-16)8-11(13)15/h7-8H,2-6,16H2,1H3,(H,17,18). The zero-order valence-corrected chi connectivity index (χ0v) is 14.0. The van der Waals surface area contributed by atoms with Crippen molar-refractivity contribution in [2.75, 3.05) is 20.2 Å². The Morgan fingerprint density at radius 2 is 2.00 bits per heavy atom. The van der Waals surface area contributed by atoms with E-state index in [0.717, 1.165) is 26.7 Å². The van der Waals surface area contributed by atoms with Crippen LogP contribution in [0, 0.1) is 0 Å². The summed E-state index contributed by atoms with van der Waals surface area (Å²) in [5, 5.41) is 2.58. The molecular weight excluding hydrogens is 376 g/mol. The van der Waals surface area contributed by atoms with E-state index in [1.807, 2.05) is 12.1 Å². The van der Waals surface area contributed by atoms with Crippen molar-refractivity contribution in [1.29, 1.82) is 0 Å². The van der Waals surface area contributed by atoms with E-state index in [0.29, 0.717) is 26.0 Å². The summed E-state index contributed by atoms with van der Waals surface area (Å²) in [5.74, 6) is 0.790. The number of hydrogen-bond acceptors (Lipinski definition) is 3. The van der Waals surface area contributed by atoms with Gasteiger partial charge >= 0.3 is 0 Å². The summed E-state index contributed by atoms with van der Waals surface area (Å²) in [7, 11) is 1.63. The number of nitrogens with one attached hydrogen (secondary N) is 1. The molecule has 0 radical (unpaired) electrons. The molecule has 0 bridgehead atoms. The molecule has 0 aliphatic carbocycles. The third kappa shape index (κ3) is 5.50. The number of hydrogen-bond donors (Lipinski definition) is 2. The van der Waals surface area contributed by atoms with Crippen molar-refractivity contribution in [3.63, 3.8) is 0 Å². The minimum atomic E-state index is 0.0278. The molecule has 0 aromatic heterocycles. The van der Waals surface area contributed by atoms with Crippen LogP contribution in [0.3, 0.4) is 0 Å². The zero-order chi connectivity index (χ0) is 14.3. The average Bonchev–Trinajstić information content (AvgIpc) is 2.37. The molecule has 0 aliphatic rings. The van der Waals surface area contributed by atoms with Crippen molar-refractivity contribution in [3.05, 3.63) is 26.6 Å². The lowest BCUT2D eigenvalue weighted by Crippen LogP contribution is -2.18. The fraction of sp³-hybridized carbons (Fsp3) is 0.462. The van der Waals surface area contributed by atoms with Crippen LogP contribution < -0.4 is 15.8 Å². The Bertz CT molecular complexity index is 416. The van der Waals surface area contributed by atoms with Crippen molar-refractivity contribution in [2.45, 2.75) is 19.3 Å². The van der Waals surface area contributed by atoms with Gasteiger partial charge in [0.15, 0.2) is 0 Å². The van der Waals surface area contributed by atoms with Crippen molar-refractivity contribution in [2.24, 2.45) is 5.73 Å². The Labute approximate surface area is 130 Å². The summed E-state index contributed by atoms with van der Waals surface area (Å²) in [6, 6.07) is 4.01. The molecule has 0 heterocycles. The van der Waals surface area contributed by atoms with Crippen LogP contribution >= 0.6 is 31.9 Å². The summed E-state index contributed by atoms with van der Waals surface area (Å²) in [5.41, 5.74) is 6.69. The number of carbonyl (C=O) groups excluding carboxylic acids is 1. The van der Waals surface area contributed by atoms with E-state index in [4.69, 9.17) is 10.5 Å². The lowest BCUT2D eigenvalue weighted by molar-refractivity contribution is -0.120. The molecule has 1 aromatic rings. The van der Waals surface area contributed by atoms with Gasteiger partial charge in [0.1, 0.15) is 5.75 Å². The highest BCUT2D eigenvalue weighted by Gasteiger charge is 2.09. The Hall–Kier alpha value is -0.590. The first kappa shape index (κ1) is 16.5. The van der Waals surface area contributed by atoms with Crippen LogP contribution in [-0.4, -0.2) is 26.1 Å². The van der Waals surface area contributed by atoms with Gasteiger partial charge in [-0.15, -0.1) is 0 Å². The predicted molar refractivity (Wildman–Crippen MR) is 83.4 cm³/mol. The number of halogens is 2. The smallest absolute Gasteiger partial charge is 0.219 e. The summed E-state index contributed by atoms with van der Waals surface area (Å²) in [6.07, 6.45) is 1.98. The van der Waals surface area contributed by atoms with Crippen molar-refractivity contribution in [3.8, 4) is 5.75 Å². The number of ether oxygens (including phenoxy) is 1. The number of nitrogens with two attached hydrogens (primary N) is 1. The van der Waals surface area contributed by atoms with Gasteiger partial charge in [0.2, 0.25) is 5.91 Å². The normalized spacial score (nSPS) is 10.3. The molecule has 0 fully saturated rings. The SMILES string of the molecule is CNC(=O)CCCOc1c(Br)cc(CCN)cc1Br. The first-order chi connectivity index (χ1) is 9.08. The predicted octanol–water partition coefficient (Wildman–Crippen LogP) is 2.62. The van der Waals surface area contributed by atoms with E-state index in [1.54, 1.807) is 7.05 Å². The zero-order valence-electron chi connectivity index (χ0n) is 10.8. The van der Waals surface area contributed by atoms with Gasteiger partial charge in [-0.1, -0.05) is 0 Å². The Morgan fingerprint density at radius 3 is 2.53 bits per heavy atom. The summed E-state index contributed by atoms with van der Waals surface area (Å²) >= 11 is 6.98. The highest BCUT2D eigenvalue weighted by Crippen LogP contribution is 2.35. The summed E-state index contributed by atoms with van der Waals surface area (Å²) < 4.78 is 7.48. The Balaban J connectivity index is 2.56. The molecule has 3 N–H and O–H groups in total. The van der Waals surface area contributed by atoms with Crippen LogP contribution in [0.1, 0.15) is 18.4 Å². The lowest BCUT2D eigenvalue weighted by Gasteiger charge is -2.12. The van der Waals surface area contributed by atoms with Crippen LogP contribution in [0.5, 0.6) is 5.75 Å². The average molecular weight is 394 g/mol. The molecular formula is C13H18Br2N2O2. The van der Waals surface area contributed by atoms with Gasteiger partial charge in [-0.05, 0) is 68.9 Å². The summed E-state index contributed by atoms with van der Waals surface area (Å²) in [4.78, 5) is 11.1. The number of amides is 1. The molecule has 0 unspecified atom stereocenters. The second-order valence-corrected chi connectivity index (χ2v) is 5.76. The quantitative estimate of drug-likeness (QED) is 0.700.